The number of benzene rings is 2. The Bertz CT molecular complexity index is 1030. The normalized spacial score (nSPS) is 10.2. The van der Waals surface area contributed by atoms with Crippen molar-refractivity contribution < 1.29 is 19.1 Å². The maximum absolute atomic E-state index is 12.2. The Morgan fingerprint density at radius 3 is 2.41 bits per heavy atom. The van der Waals surface area contributed by atoms with Crippen LogP contribution in [0, 0.1) is 0 Å². The Morgan fingerprint density at radius 2 is 1.66 bits per heavy atom. The zero-order chi connectivity index (χ0) is 20.6. The molecule has 0 aliphatic rings. The zero-order valence-corrected chi connectivity index (χ0v) is 15.8. The van der Waals surface area contributed by atoms with Crippen molar-refractivity contribution in [1.82, 2.24) is 21.2 Å². The lowest BCUT2D eigenvalue weighted by Gasteiger charge is -2.09. The van der Waals surface area contributed by atoms with Crippen LogP contribution in [0.15, 0.2) is 60.7 Å². The summed E-state index contributed by atoms with van der Waals surface area (Å²) in [6.45, 7) is 2.11. The third kappa shape index (κ3) is 5.29. The molecule has 0 saturated carbocycles. The monoisotopic (exact) mass is 392 g/mol. The van der Waals surface area contributed by atoms with Gasteiger partial charge in [0.1, 0.15) is 11.4 Å². The molecule has 0 radical (unpaired) electrons. The molecule has 1 aromatic heterocycles. The number of rotatable bonds is 6. The number of fused-ring (bicyclic) bond motifs is 1. The highest BCUT2D eigenvalue weighted by Gasteiger charge is 2.11. The minimum Gasteiger partial charge on any atom is -0.494 e. The highest BCUT2D eigenvalue weighted by atomic mass is 16.5. The number of hydrogen-bond donors (Lipinski definition) is 3. The van der Waals surface area contributed by atoms with E-state index in [1.54, 1.807) is 42.5 Å². The van der Waals surface area contributed by atoms with E-state index in [2.05, 4.69) is 21.2 Å². The van der Waals surface area contributed by atoms with E-state index in [4.69, 9.17) is 4.74 Å². The largest absolute Gasteiger partial charge is 0.494 e. The molecule has 0 aliphatic carbocycles. The Kier molecular flexibility index (Phi) is 6.36. The molecule has 3 amide bonds. The lowest BCUT2D eigenvalue weighted by molar-refractivity contribution is -0.120. The van der Waals surface area contributed by atoms with Crippen molar-refractivity contribution in [2.75, 3.05) is 13.2 Å². The summed E-state index contributed by atoms with van der Waals surface area (Å²) in [4.78, 5) is 40.4. The van der Waals surface area contributed by atoms with Gasteiger partial charge in [-0.25, -0.2) is 4.98 Å². The minimum atomic E-state index is -0.571. The van der Waals surface area contributed by atoms with Crippen molar-refractivity contribution in [3.05, 3.63) is 71.9 Å². The number of ether oxygens (including phenoxy) is 1. The van der Waals surface area contributed by atoms with E-state index in [0.29, 0.717) is 23.4 Å². The summed E-state index contributed by atoms with van der Waals surface area (Å²) in [6.07, 6.45) is 0. The van der Waals surface area contributed by atoms with Gasteiger partial charge in [-0.1, -0.05) is 24.3 Å². The second-order valence-corrected chi connectivity index (χ2v) is 6.03. The molecular formula is C21H20N4O4. The van der Waals surface area contributed by atoms with Gasteiger partial charge < -0.3 is 10.1 Å². The van der Waals surface area contributed by atoms with Gasteiger partial charge in [0.2, 0.25) is 0 Å². The van der Waals surface area contributed by atoms with Gasteiger partial charge in [-0.05, 0) is 43.3 Å². The molecule has 0 aliphatic heterocycles. The maximum Gasteiger partial charge on any atom is 0.288 e. The number of hydrazine groups is 1. The molecule has 0 spiro atoms. The van der Waals surface area contributed by atoms with Gasteiger partial charge >= 0.3 is 0 Å². The summed E-state index contributed by atoms with van der Waals surface area (Å²) < 4.78 is 5.31. The molecule has 3 N–H and O–H groups in total. The van der Waals surface area contributed by atoms with Crippen molar-refractivity contribution in [2.24, 2.45) is 0 Å². The molecule has 0 saturated heterocycles. The molecule has 29 heavy (non-hydrogen) atoms. The third-order valence-electron chi connectivity index (χ3n) is 3.98. The average Bonchev–Trinajstić information content (AvgIpc) is 2.76. The summed E-state index contributed by atoms with van der Waals surface area (Å²) in [5, 5.41) is 3.39. The highest BCUT2D eigenvalue weighted by molar-refractivity contribution is 5.98. The first-order chi connectivity index (χ1) is 14.1. The summed E-state index contributed by atoms with van der Waals surface area (Å²) >= 11 is 0. The molecule has 8 nitrogen and oxygen atoms in total. The van der Waals surface area contributed by atoms with Gasteiger partial charge in [0.05, 0.1) is 18.7 Å². The second-order valence-electron chi connectivity index (χ2n) is 6.03. The topological polar surface area (TPSA) is 109 Å². The van der Waals surface area contributed by atoms with E-state index in [0.717, 1.165) is 5.39 Å². The van der Waals surface area contributed by atoms with E-state index in [-0.39, 0.29) is 12.2 Å². The Labute approximate surface area is 167 Å². The van der Waals surface area contributed by atoms with Gasteiger partial charge in [0, 0.05) is 10.9 Å². The van der Waals surface area contributed by atoms with Gasteiger partial charge in [0.25, 0.3) is 17.7 Å². The van der Waals surface area contributed by atoms with Gasteiger partial charge in [-0.2, -0.15) is 0 Å². The number of aromatic nitrogens is 1. The van der Waals surface area contributed by atoms with Crippen LogP contribution in [0.2, 0.25) is 0 Å². The first-order valence-electron chi connectivity index (χ1n) is 9.03. The number of nitrogens with one attached hydrogen (secondary N) is 3. The lowest BCUT2D eigenvalue weighted by Crippen LogP contribution is -2.46. The molecule has 3 rings (SSSR count). The van der Waals surface area contributed by atoms with Crippen LogP contribution >= 0.6 is 0 Å². The quantitative estimate of drug-likeness (QED) is 0.555. The van der Waals surface area contributed by atoms with Crippen LogP contribution in [0.5, 0.6) is 5.75 Å². The smallest absolute Gasteiger partial charge is 0.288 e. The summed E-state index contributed by atoms with van der Waals surface area (Å²) in [7, 11) is 0. The van der Waals surface area contributed by atoms with Crippen LogP contribution in [-0.2, 0) is 4.79 Å². The number of pyridine rings is 1. The molecular weight excluding hydrogens is 372 g/mol. The fourth-order valence-electron chi connectivity index (χ4n) is 2.56. The number of amides is 3. The zero-order valence-electron chi connectivity index (χ0n) is 15.8. The molecule has 1 heterocycles. The summed E-state index contributed by atoms with van der Waals surface area (Å²) in [6, 6.07) is 17.3. The number of hydrogen-bond acceptors (Lipinski definition) is 5. The number of carbonyl (C=O) groups excluding carboxylic acids is 3. The van der Waals surface area contributed by atoms with Crippen molar-refractivity contribution in [3.63, 3.8) is 0 Å². The first kappa shape index (κ1) is 19.8. The molecule has 148 valence electrons. The van der Waals surface area contributed by atoms with Crippen molar-refractivity contribution in [3.8, 4) is 5.75 Å². The molecule has 0 bridgehead atoms. The molecule has 8 heteroatoms. The van der Waals surface area contributed by atoms with Crippen LogP contribution in [-0.4, -0.2) is 35.9 Å². The van der Waals surface area contributed by atoms with E-state index in [1.165, 1.54) is 0 Å². The number of nitrogens with zero attached hydrogens (tertiary/aromatic N) is 1. The molecule has 0 unspecified atom stereocenters. The van der Waals surface area contributed by atoms with Crippen LogP contribution < -0.4 is 20.9 Å². The van der Waals surface area contributed by atoms with Crippen molar-refractivity contribution in [2.45, 2.75) is 6.92 Å². The predicted molar refractivity (Wildman–Crippen MR) is 107 cm³/mol. The predicted octanol–water partition coefficient (Wildman–Crippen LogP) is 1.82. The van der Waals surface area contributed by atoms with Gasteiger partial charge in [-0.3, -0.25) is 25.2 Å². The van der Waals surface area contributed by atoms with Crippen LogP contribution in [0.4, 0.5) is 0 Å². The van der Waals surface area contributed by atoms with Gasteiger partial charge in [-0.15, -0.1) is 0 Å². The molecule has 2 aromatic carbocycles. The fraction of sp³-hybridized carbons (Fsp3) is 0.143. The Hall–Kier alpha value is -3.94. The molecule has 0 atom stereocenters. The van der Waals surface area contributed by atoms with Crippen molar-refractivity contribution in [1.29, 1.82) is 0 Å². The number of para-hydroxylation sites is 1. The highest BCUT2D eigenvalue weighted by Crippen LogP contribution is 2.12. The van der Waals surface area contributed by atoms with Gasteiger partial charge in [0.15, 0.2) is 0 Å². The molecule has 3 aromatic rings. The average molecular weight is 392 g/mol. The Balaban J connectivity index is 1.47. The van der Waals surface area contributed by atoms with E-state index < -0.39 is 17.7 Å². The van der Waals surface area contributed by atoms with Crippen LogP contribution in [0.1, 0.15) is 27.8 Å². The van der Waals surface area contributed by atoms with E-state index >= 15 is 0 Å². The second kappa shape index (κ2) is 9.32. The van der Waals surface area contributed by atoms with E-state index in [9.17, 15) is 14.4 Å². The lowest BCUT2D eigenvalue weighted by atomic mass is 10.2. The fourth-order valence-corrected chi connectivity index (χ4v) is 2.56. The van der Waals surface area contributed by atoms with Crippen LogP contribution in [0.3, 0.4) is 0 Å². The first-order valence-corrected chi connectivity index (χ1v) is 9.03. The SMILES string of the molecule is CCOc1ccc(C(=O)NCC(=O)NNC(=O)c2ccc3ccccc3n2)cc1. The maximum atomic E-state index is 12.2. The summed E-state index contributed by atoms with van der Waals surface area (Å²) in [5.41, 5.74) is 5.77. The van der Waals surface area contributed by atoms with E-state index in [1.807, 2.05) is 25.1 Å². The standard InChI is InChI=1S/C21H20N4O4/c1-2-29-16-10-7-15(8-11-16)20(27)22-13-19(26)24-25-21(28)18-12-9-14-5-3-4-6-17(14)23-18/h3-12H,2,13H2,1H3,(H,22,27)(H,24,26)(H,25,28). The van der Waals surface area contributed by atoms with Crippen LogP contribution in [0.25, 0.3) is 10.9 Å². The van der Waals surface area contributed by atoms with Crippen molar-refractivity contribution >= 4 is 28.6 Å². The third-order valence-corrected chi connectivity index (χ3v) is 3.98. The summed E-state index contributed by atoms with van der Waals surface area (Å²) in [5.74, 6) is -0.877. The Morgan fingerprint density at radius 1 is 0.897 bits per heavy atom. The number of carbonyl (C=O) groups is 3. The minimum absolute atomic E-state index is 0.169. The molecule has 0 fully saturated rings.